The molecule has 1 saturated carbocycles. The van der Waals surface area contributed by atoms with Crippen LogP contribution < -0.4 is 5.73 Å². The molecule has 0 bridgehead atoms. The zero-order valence-electron chi connectivity index (χ0n) is 10.5. The molecule has 0 saturated heterocycles. The summed E-state index contributed by atoms with van der Waals surface area (Å²) in [5.74, 6) is -0.125. The van der Waals surface area contributed by atoms with E-state index < -0.39 is 15.1 Å². The van der Waals surface area contributed by atoms with E-state index in [4.69, 9.17) is 18.0 Å². The molecule has 0 spiro atoms. The highest BCUT2D eigenvalue weighted by Gasteiger charge is 2.59. The standard InChI is InChI=1S/C13H17NO2S2/c1-3-18(15,16)12-10(11(12)13(14)17)9-6-4-8(2)5-7-9/h4-7,10-12H,3H2,1-2H3,(H2,14,17). The van der Waals surface area contributed by atoms with Gasteiger partial charge in [0.05, 0.1) is 10.2 Å². The van der Waals surface area contributed by atoms with Crippen LogP contribution in [0, 0.1) is 12.8 Å². The van der Waals surface area contributed by atoms with Crippen molar-refractivity contribution in [2.45, 2.75) is 25.0 Å². The fraction of sp³-hybridized carbons (Fsp3) is 0.462. The molecule has 3 nitrogen and oxygen atoms in total. The Morgan fingerprint density at radius 1 is 1.33 bits per heavy atom. The molecular formula is C13H17NO2S2. The van der Waals surface area contributed by atoms with E-state index in [9.17, 15) is 8.42 Å². The molecule has 2 rings (SSSR count). The monoisotopic (exact) mass is 283 g/mol. The van der Waals surface area contributed by atoms with Gasteiger partial charge in [0, 0.05) is 17.6 Å². The Labute approximate surface area is 113 Å². The summed E-state index contributed by atoms with van der Waals surface area (Å²) in [5.41, 5.74) is 7.83. The van der Waals surface area contributed by atoms with Crippen molar-refractivity contribution in [3.05, 3.63) is 35.4 Å². The quantitative estimate of drug-likeness (QED) is 0.856. The zero-order valence-corrected chi connectivity index (χ0v) is 12.1. The van der Waals surface area contributed by atoms with Crippen molar-refractivity contribution in [2.24, 2.45) is 11.7 Å². The second kappa shape index (κ2) is 4.63. The second-order valence-corrected chi connectivity index (χ2v) is 7.70. The van der Waals surface area contributed by atoms with Crippen LogP contribution in [-0.2, 0) is 9.84 Å². The van der Waals surface area contributed by atoms with Crippen molar-refractivity contribution in [3.8, 4) is 0 Å². The van der Waals surface area contributed by atoms with Crippen LogP contribution in [0.3, 0.4) is 0 Å². The van der Waals surface area contributed by atoms with Gasteiger partial charge in [-0.1, -0.05) is 49.0 Å². The first-order chi connectivity index (χ1) is 8.38. The third kappa shape index (κ3) is 2.29. The maximum Gasteiger partial charge on any atom is 0.154 e. The van der Waals surface area contributed by atoms with Gasteiger partial charge in [-0.15, -0.1) is 0 Å². The van der Waals surface area contributed by atoms with Crippen LogP contribution in [0.5, 0.6) is 0 Å². The Kier molecular flexibility index (Phi) is 3.47. The minimum absolute atomic E-state index is 0.0620. The lowest BCUT2D eigenvalue weighted by molar-refractivity contribution is 0.594. The fourth-order valence-electron chi connectivity index (χ4n) is 2.45. The Bertz CT molecular complexity index is 563. The van der Waals surface area contributed by atoms with Gasteiger partial charge in [0.2, 0.25) is 0 Å². The topological polar surface area (TPSA) is 60.2 Å². The summed E-state index contributed by atoms with van der Waals surface area (Å²) in [7, 11) is -3.09. The number of nitrogens with two attached hydrogens (primary N) is 1. The number of thiocarbonyl (C=S) groups is 1. The normalized spacial score (nSPS) is 26.9. The van der Waals surface area contributed by atoms with Crippen molar-refractivity contribution >= 4 is 27.0 Å². The summed E-state index contributed by atoms with van der Waals surface area (Å²) in [6, 6.07) is 7.91. The summed E-state index contributed by atoms with van der Waals surface area (Å²) in [6.07, 6.45) is 0. The number of aryl methyl sites for hydroxylation is 1. The van der Waals surface area contributed by atoms with Crippen molar-refractivity contribution in [3.63, 3.8) is 0 Å². The van der Waals surface area contributed by atoms with E-state index in [0.29, 0.717) is 4.99 Å². The van der Waals surface area contributed by atoms with E-state index in [0.717, 1.165) is 11.1 Å². The highest BCUT2D eigenvalue weighted by molar-refractivity contribution is 7.92. The Hall–Kier alpha value is -0.940. The lowest BCUT2D eigenvalue weighted by atomic mass is 10.1. The molecule has 1 aromatic carbocycles. The van der Waals surface area contributed by atoms with Gasteiger partial charge in [-0.05, 0) is 12.5 Å². The first kappa shape index (κ1) is 13.5. The molecule has 0 amide bonds. The molecule has 2 N–H and O–H groups in total. The largest absolute Gasteiger partial charge is 0.393 e. The Balaban J connectivity index is 2.33. The molecule has 5 heteroatoms. The zero-order chi connectivity index (χ0) is 13.5. The van der Waals surface area contributed by atoms with Crippen LogP contribution in [0.25, 0.3) is 0 Å². The maximum atomic E-state index is 12.0. The highest BCUT2D eigenvalue weighted by atomic mass is 32.2. The molecule has 0 aromatic heterocycles. The maximum absolute atomic E-state index is 12.0. The van der Waals surface area contributed by atoms with Gasteiger partial charge in [0.1, 0.15) is 0 Å². The fourth-order valence-corrected chi connectivity index (χ4v) is 4.66. The minimum atomic E-state index is -3.09. The third-order valence-corrected chi connectivity index (χ3v) is 6.05. The van der Waals surface area contributed by atoms with Gasteiger partial charge in [-0.2, -0.15) is 0 Å². The molecule has 1 aliphatic rings. The second-order valence-electron chi connectivity index (χ2n) is 4.78. The van der Waals surface area contributed by atoms with Crippen LogP contribution in [0.4, 0.5) is 0 Å². The predicted molar refractivity (Wildman–Crippen MR) is 77.4 cm³/mol. The van der Waals surface area contributed by atoms with Gasteiger partial charge in [0.25, 0.3) is 0 Å². The first-order valence-corrected chi connectivity index (χ1v) is 8.08. The number of hydrogen-bond donors (Lipinski definition) is 1. The first-order valence-electron chi connectivity index (χ1n) is 5.96. The van der Waals surface area contributed by atoms with Gasteiger partial charge >= 0.3 is 0 Å². The molecule has 0 heterocycles. The van der Waals surface area contributed by atoms with E-state index in [2.05, 4.69) is 0 Å². The molecule has 1 aromatic rings. The molecule has 18 heavy (non-hydrogen) atoms. The van der Waals surface area contributed by atoms with Crippen LogP contribution in [-0.4, -0.2) is 24.4 Å². The molecule has 1 fully saturated rings. The molecule has 3 unspecified atom stereocenters. The molecule has 98 valence electrons. The van der Waals surface area contributed by atoms with E-state index in [1.165, 1.54) is 0 Å². The molecular weight excluding hydrogens is 266 g/mol. The van der Waals surface area contributed by atoms with Gasteiger partial charge in [-0.3, -0.25) is 0 Å². The Morgan fingerprint density at radius 2 is 1.89 bits per heavy atom. The average molecular weight is 283 g/mol. The predicted octanol–water partition coefficient (Wildman–Crippen LogP) is 1.80. The average Bonchev–Trinajstić information content (AvgIpc) is 3.06. The van der Waals surface area contributed by atoms with Crippen LogP contribution in [0.2, 0.25) is 0 Å². The minimum Gasteiger partial charge on any atom is -0.393 e. The number of sulfone groups is 1. The number of hydrogen-bond acceptors (Lipinski definition) is 3. The Morgan fingerprint density at radius 3 is 2.33 bits per heavy atom. The third-order valence-electron chi connectivity index (χ3n) is 3.56. The summed E-state index contributed by atoms with van der Waals surface area (Å²) in [5, 5.41) is -0.428. The number of benzene rings is 1. The van der Waals surface area contributed by atoms with E-state index in [1.54, 1.807) is 6.92 Å². The van der Waals surface area contributed by atoms with Gasteiger partial charge < -0.3 is 5.73 Å². The van der Waals surface area contributed by atoms with Crippen LogP contribution >= 0.6 is 12.2 Å². The SMILES string of the molecule is CCS(=O)(=O)C1C(C(N)=S)C1c1ccc(C)cc1. The summed E-state index contributed by atoms with van der Waals surface area (Å²) >= 11 is 4.99. The summed E-state index contributed by atoms with van der Waals surface area (Å²) in [4.78, 5) is 0.308. The van der Waals surface area contributed by atoms with Crippen molar-refractivity contribution < 1.29 is 8.42 Å². The smallest absolute Gasteiger partial charge is 0.154 e. The van der Waals surface area contributed by atoms with Crippen molar-refractivity contribution in [1.29, 1.82) is 0 Å². The lowest BCUT2D eigenvalue weighted by Crippen LogP contribution is -2.18. The molecule has 1 aliphatic carbocycles. The van der Waals surface area contributed by atoms with E-state index in [1.807, 2.05) is 31.2 Å². The van der Waals surface area contributed by atoms with E-state index >= 15 is 0 Å². The molecule has 3 atom stereocenters. The van der Waals surface area contributed by atoms with Crippen molar-refractivity contribution in [2.75, 3.05) is 5.75 Å². The van der Waals surface area contributed by atoms with Gasteiger partial charge in [-0.25, -0.2) is 8.42 Å². The number of rotatable bonds is 4. The lowest BCUT2D eigenvalue weighted by Gasteiger charge is -2.01. The highest BCUT2D eigenvalue weighted by Crippen LogP contribution is 2.52. The van der Waals surface area contributed by atoms with Crippen molar-refractivity contribution in [1.82, 2.24) is 0 Å². The van der Waals surface area contributed by atoms with Gasteiger partial charge in [0.15, 0.2) is 9.84 Å². The summed E-state index contributed by atoms with van der Waals surface area (Å²) in [6.45, 7) is 3.67. The molecule has 0 aliphatic heterocycles. The summed E-state index contributed by atoms with van der Waals surface area (Å²) < 4.78 is 24.0. The van der Waals surface area contributed by atoms with Crippen LogP contribution in [0.1, 0.15) is 24.0 Å². The molecule has 0 radical (unpaired) electrons. The van der Waals surface area contributed by atoms with Crippen LogP contribution in [0.15, 0.2) is 24.3 Å². The van der Waals surface area contributed by atoms with E-state index in [-0.39, 0.29) is 17.6 Å².